The fourth-order valence-corrected chi connectivity index (χ4v) is 63.7. The lowest BCUT2D eigenvalue weighted by atomic mass is 9.85. The van der Waals surface area contributed by atoms with Crippen LogP contribution < -0.4 is 5.32 Å². The molecular weight excluding hydrogens is 1020 g/mol. The third kappa shape index (κ3) is 11.7. The summed E-state index contributed by atoms with van der Waals surface area (Å²) < 4.78 is 93.9. The quantitative estimate of drug-likeness (QED) is 0.0473. The predicted octanol–water partition coefficient (Wildman–Crippen LogP) is 8.45. The molecule has 392 valence electrons. The van der Waals surface area contributed by atoms with Gasteiger partial charge in [-0.05, 0) is 72.5 Å². The van der Waals surface area contributed by atoms with Crippen molar-refractivity contribution < 1.29 is 63.8 Å². The van der Waals surface area contributed by atoms with Crippen LogP contribution in [0.3, 0.4) is 0 Å². The molecule has 69 heavy (non-hydrogen) atoms. The first-order valence-electron chi connectivity index (χ1n) is 26.4. The van der Waals surface area contributed by atoms with Gasteiger partial charge in [0.1, 0.15) is 0 Å². The molecule has 8 fully saturated rings. The molecule has 1 N–H and O–H groups in total. The number of fused-ring (bicyclic) bond motifs is 5. The third-order valence-electron chi connectivity index (χ3n) is 13.7. The number of amides is 3. The average molecular weight is 1110 g/mol. The van der Waals surface area contributed by atoms with Crippen molar-refractivity contribution in [2.24, 2.45) is 65.1 Å². The fourth-order valence-electron chi connectivity index (χ4n) is 12.1. The lowest BCUT2D eigenvalue weighted by molar-refractivity contribution is -0.141. The highest BCUT2D eigenvalue weighted by atomic mass is 28.6. The number of hydrogen-bond acceptors (Lipinski definition) is 15. The number of nitrogens with one attached hydrogen (secondary N) is 1. The van der Waals surface area contributed by atoms with E-state index in [1.54, 1.807) is 0 Å². The summed E-state index contributed by atoms with van der Waals surface area (Å²) in [6.45, 7) is 30.5. The first-order valence-corrected chi connectivity index (χ1v) is 41.8. The second kappa shape index (κ2) is 20.3. The van der Waals surface area contributed by atoms with E-state index in [2.05, 4.69) is 114 Å². The molecule has 0 spiro atoms. The second-order valence-corrected chi connectivity index (χ2v) is 48.3. The largest absolute Gasteiger partial charge is 0.479 e. The first kappa shape index (κ1) is 54.9. The molecule has 0 unspecified atom stereocenters. The molecular formula is C44H84N2O15Si8. The number of imide groups is 1. The Hall–Kier alpha value is -0.395. The zero-order chi connectivity index (χ0) is 50.2. The maximum atomic E-state index is 13.5. The number of rotatable bonds is 22. The van der Waals surface area contributed by atoms with Crippen molar-refractivity contribution in [3.8, 4) is 0 Å². The smallest absolute Gasteiger partial charge is 0.373 e. The summed E-state index contributed by atoms with van der Waals surface area (Å²) in [5.41, 5.74) is 0. The standard InChI is InChI=1S/C44H84N2O15Si8/c1-31(2)24-63-50-62(22-16-20-45-40(47)17-15-21-46-43(48)41-38-18-19-39(23-38)42(41)44(46)49)51-64(25-32(3)4)55-66(53-63,27-34(7)8)59-69(30-37(13)14)60-67(54-63,28-35(9)10)56-65(52-62,26-33(5)6)58-68(57-64,61-69)29-36(11)12/h18-19,31-39,41-42H,15-17,20-30H2,1-14H3,(H,45,47)/t38-,39+,41+,42-,62?,63?,64?,65?,66?,67?,68?,69?. The maximum absolute atomic E-state index is 13.5. The first-order chi connectivity index (χ1) is 32.2. The molecule has 2 aliphatic carbocycles. The number of nitrogens with zero attached hydrogens (tertiary/aromatic N) is 1. The molecule has 7 saturated heterocycles. The van der Waals surface area contributed by atoms with Gasteiger partial charge in [0, 0.05) is 67.9 Å². The minimum atomic E-state index is -4.17. The molecule has 0 aromatic rings. The van der Waals surface area contributed by atoms with Crippen LogP contribution in [0.5, 0.6) is 0 Å². The molecule has 17 nitrogen and oxygen atoms in total. The van der Waals surface area contributed by atoms with Gasteiger partial charge in [-0.2, -0.15) is 0 Å². The number of carbonyl (C=O) groups is 3. The summed E-state index contributed by atoms with van der Waals surface area (Å²) in [7, 11) is -32.4. The molecule has 3 amide bonds. The van der Waals surface area contributed by atoms with E-state index in [9.17, 15) is 14.4 Å². The molecule has 1 saturated carbocycles. The minimum absolute atomic E-state index is 0.0404. The van der Waals surface area contributed by atoms with E-state index in [0.29, 0.717) is 55.2 Å². The summed E-state index contributed by atoms with van der Waals surface area (Å²) in [4.78, 5) is 41.6. The van der Waals surface area contributed by atoms with Gasteiger partial charge >= 0.3 is 70.4 Å². The molecule has 25 heteroatoms. The van der Waals surface area contributed by atoms with Crippen molar-refractivity contribution in [2.75, 3.05) is 13.1 Å². The van der Waals surface area contributed by atoms with Gasteiger partial charge < -0.3 is 54.7 Å². The Labute approximate surface area is 421 Å². The van der Waals surface area contributed by atoms with Gasteiger partial charge in [0.05, 0.1) is 11.8 Å². The van der Waals surface area contributed by atoms with Gasteiger partial charge in [0.15, 0.2) is 0 Å². The van der Waals surface area contributed by atoms with Crippen molar-refractivity contribution >= 4 is 88.2 Å². The number of likely N-dealkylation sites (tertiary alicyclic amines) is 1. The molecule has 9 rings (SSSR count). The van der Waals surface area contributed by atoms with Gasteiger partial charge in [-0.1, -0.05) is 109 Å². The Morgan fingerprint density at radius 2 is 0.754 bits per heavy atom. The van der Waals surface area contributed by atoms with Crippen LogP contribution in [-0.2, 0) is 63.8 Å². The number of allylic oxidation sites excluding steroid dienone is 2. The van der Waals surface area contributed by atoms with Crippen molar-refractivity contribution in [1.29, 1.82) is 0 Å². The zero-order valence-electron chi connectivity index (χ0n) is 44.0. The van der Waals surface area contributed by atoms with Crippen LogP contribution in [0.25, 0.3) is 0 Å². The minimum Gasteiger partial charge on any atom is -0.373 e. The van der Waals surface area contributed by atoms with E-state index in [0.717, 1.165) is 6.42 Å². The molecule has 7 aliphatic heterocycles. The van der Waals surface area contributed by atoms with Crippen molar-refractivity contribution in [3.63, 3.8) is 0 Å². The Morgan fingerprint density at radius 1 is 0.478 bits per heavy atom. The number of hydrogen-bond donors (Lipinski definition) is 1. The molecule has 9 aliphatic rings. The van der Waals surface area contributed by atoms with Crippen molar-refractivity contribution in [1.82, 2.24) is 10.2 Å². The Bertz CT molecular complexity index is 1770. The summed E-state index contributed by atoms with van der Waals surface area (Å²) in [6, 6.07) is 3.19. The Morgan fingerprint density at radius 3 is 1.03 bits per heavy atom. The van der Waals surface area contributed by atoms with E-state index >= 15 is 0 Å². The number of carbonyl (C=O) groups excluding carboxylic acids is 3. The lowest BCUT2D eigenvalue weighted by Gasteiger charge is -2.64. The summed E-state index contributed by atoms with van der Waals surface area (Å²) >= 11 is 0. The summed E-state index contributed by atoms with van der Waals surface area (Å²) in [5, 5.41) is 3.11. The topological polar surface area (TPSA) is 177 Å². The van der Waals surface area contributed by atoms with E-state index in [1.165, 1.54) is 4.90 Å². The Balaban J connectivity index is 1.18. The third-order valence-corrected chi connectivity index (χ3v) is 53.7. The lowest BCUT2D eigenvalue weighted by Crippen LogP contribution is -2.88. The Kier molecular flexibility index (Phi) is 16.1. The summed E-state index contributed by atoms with van der Waals surface area (Å²) in [5.74, 6) is -0.134. The van der Waals surface area contributed by atoms with Crippen LogP contribution in [0.4, 0.5) is 0 Å². The maximum Gasteiger partial charge on any atom is 0.479 e. The van der Waals surface area contributed by atoms with Crippen LogP contribution in [-0.4, -0.2) is 106 Å². The van der Waals surface area contributed by atoms with Crippen LogP contribution >= 0.6 is 0 Å². The van der Waals surface area contributed by atoms with E-state index in [1.807, 2.05) is 0 Å². The van der Waals surface area contributed by atoms with Crippen molar-refractivity contribution in [3.05, 3.63) is 12.2 Å². The van der Waals surface area contributed by atoms with Crippen LogP contribution in [0.15, 0.2) is 12.2 Å². The van der Waals surface area contributed by atoms with Gasteiger partial charge in [-0.25, -0.2) is 0 Å². The molecule has 4 atom stereocenters. The molecule has 0 aromatic carbocycles. The monoisotopic (exact) mass is 1100 g/mol. The predicted molar refractivity (Wildman–Crippen MR) is 273 cm³/mol. The highest BCUT2D eigenvalue weighted by Gasteiger charge is 2.83. The van der Waals surface area contributed by atoms with E-state index in [-0.39, 0.29) is 108 Å². The molecule has 10 bridgehead atoms. The van der Waals surface area contributed by atoms with Gasteiger partial charge in [0.25, 0.3) is 0 Å². The van der Waals surface area contributed by atoms with E-state index in [4.69, 9.17) is 49.4 Å². The summed E-state index contributed by atoms with van der Waals surface area (Å²) in [6.07, 6.45) is 6.04. The zero-order valence-corrected chi connectivity index (χ0v) is 52.0. The van der Waals surface area contributed by atoms with Crippen molar-refractivity contribution in [2.45, 2.75) is 171 Å². The normalized spacial score (nSPS) is 41.1. The molecule has 0 aromatic heterocycles. The van der Waals surface area contributed by atoms with Crippen LogP contribution in [0.1, 0.15) is 123 Å². The SMILES string of the molecule is CC(C)C[Si]12O[Si]3(CCCNC(=O)CCCN4C(=O)[C@@H]5[C@H](C4=O)[C@H]4C=C[C@@H]5C4)O[Si]4(CC(C)C)O[Si](CC(C)C)(O1)O[Si]1(CC(C)C)O[Si](CC(C)C)(O2)O[Si](CC(C)C)(O3)O[Si](CC(C)C)(O4)O1. The fraction of sp³-hybridized carbons (Fsp3) is 0.886. The van der Waals surface area contributed by atoms with Gasteiger partial charge in [-0.3, -0.25) is 19.3 Å². The highest BCUT2D eigenvalue weighted by molar-refractivity contribution is 7.03. The molecule has 7 heterocycles. The highest BCUT2D eigenvalue weighted by Crippen LogP contribution is 2.56. The van der Waals surface area contributed by atoms with Crippen LogP contribution in [0.2, 0.25) is 48.4 Å². The molecule has 0 radical (unpaired) electrons. The van der Waals surface area contributed by atoms with Gasteiger partial charge in [-0.15, -0.1) is 0 Å². The second-order valence-electron chi connectivity index (χ2n) is 24.3. The average Bonchev–Trinajstić information content (AvgIpc) is 3.81. The van der Waals surface area contributed by atoms with Gasteiger partial charge in [0.2, 0.25) is 17.7 Å². The van der Waals surface area contributed by atoms with E-state index < -0.39 is 70.4 Å². The van der Waals surface area contributed by atoms with Crippen LogP contribution in [0, 0.1) is 65.1 Å².